The lowest BCUT2D eigenvalue weighted by atomic mass is 10.1. The fourth-order valence-corrected chi connectivity index (χ4v) is 5.33. The van der Waals surface area contributed by atoms with Gasteiger partial charge in [-0.3, -0.25) is 13.9 Å². The van der Waals surface area contributed by atoms with Gasteiger partial charge in [0.1, 0.15) is 18.4 Å². The molecular weight excluding hydrogens is 529 g/mol. The lowest BCUT2D eigenvalue weighted by Gasteiger charge is -2.32. The van der Waals surface area contributed by atoms with Gasteiger partial charge in [0, 0.05) is 17.6 Å². The van der Waals surface area contributed by atoms with Gasteiger partial charge in [-0.05, 0) is 69.7 Å². The zero-order valence-electron chi connectivity index (χ0n) is 21.7. The largest absolute Gasteiger partial charge is 0.352 e. The lowest BCUT2D eigenvalue weighted by molar-refractivity contribution is -0.139. The molecule has 0 spiro atoms. The molecule has 3 aromatic rings. The van der Waals surface area contributed by atoms with Crippen LogP contribution in [0.25, 0.3) is 0 Å². The third kappa shape index (κ3) is 7.11. The number of rotatable bonds is 10. The summed E-state index contributed by atoms with van der Waals surface area (Å²) in [4.78, 5) is 27.8. The van der Waals surface area contributed by atoms with Crippen molar-refractivity contribution in [3.63, 3.8) is 0 Å². The summed E-state index contributed by atoms with van der Waals surface area (Å²) in [6.45, 7) is 6.26. The molecule has 3 aromatic carbocycles. The molecule has 10 heteroatoms. The van der Waals surface area contributed by atoms with Gasteiger partial charge < -0.3 is 10.2 Å². The minimum Gasteiger partial charge on any atom is -0.352 e. The summed E-state index contributed by atoms with van der Waals surface area (Å²) < 4.78 is 43.0. The van der Waals surface area contributed by atoms with Gasteiger partial charge in [-0.2, -0.15) is 0 Å². The van der Waals surface area contributed by atoms with Gasteiger partial charge in [-0.15, -0.1) is 0 Å². The maximum atomic E-state index is 14.9. The summed E-state index contributed by atoms with van der Waals surface area (Å²) in [7, 11) is -4.34. The zero-order chi connectivity index (χ0) is 28.0. The van der Waals surface area contributed by atoms with Crippen LogP contribution in [0.5, 0.6) is 0 Å². The number of aryl methyl sites for hydroxylation is 1. The molecule has 0 aromatic heterocycles. The Morgan fingerprint density at radius 2 is 1.55 bits per heavy atom. The van der Waals surface area contributed by atoms with Gasteiger partial charge >= 0.3 is 0 Å². The van der Waals surface area contributed by atoms with Crippen molar-refractivity contribution in [1.82, 2.24) is 10.2 Å². The normalized spacial score (nSPS) is 12.2. The van der Waals surface area contributed by atoms with Crippen molar-refractivity contribution in [2.45, 2.75) is 51.2 Å². The Morgan fingerprint density at radius 1 is 0.947 bits per heavy atom. The minimum atomic E-state index is -4.34. The van der Waals surface area contributed by atoms with Gasteiger partial charge in [-0.25, -0.2) is 12.8 Å². The van der Waals surface area contributed by atoms with E-state index in [1.165, 1.54) is 35.2 Å². The van der Waals surface area contributed by atoms with Crippen LogP contribution in [-0.2, 0) is 26.2 Å². The molecule has 0 radical (unpaired) electrons. The van der Waals surface area contributed by atoms with Crippen LogP contribution < -0.4 is 9.62 Å². The van der Waals surface area contributed by atoms with E-state index in [4.69, 9.17) is 11.6 Å². The van der Waals surface area contributed by atoms with Crippen molar-refractivity contribution >= 4 is 39.1 Å². The van der Waals surface area contributed by atoms with E-state index >= 15 is 0 Å². The van der Waals surface area contributed by atoms with Gasteiger partial charge in [0.15, 0.2) is 0 Å². The topological polar surface area (TPSA) is 86.8 Å². The molecule has 1 N–H and O–H groups in total. The number of halogens is 2. The minimum absolute atomic E-state index is 0.0123. The molecule has 0 unspecified atom stereocenters. The number of amides is 2. The van der Waals surface area contributed by atoms with Crippen molar-refractivity contribution in [1.29, 1.82) is 0 Å². The molecule has 0 saturated carbocycles. The first kappa shape index (κ1) is 29.1. The number of carbonyl (C=O) groups is 2. The third-order valence-corrected chi connectivity index (χ3v) is 7.90. The first-order valence-electron chi connectivity index (χ1n) is 12.1. The van der Waals surface area contributed by atoms with Crippen molar-refractivity contribution in [2.75, 3.05) is 10.8 Å². The van der Waals surface area contributed by atoms with Crippen LogP contribution >= 0.6 is 11.6 Å². The first-order chi connectivity index (χ1) is 17.9. The Balaban J connectivity index is 2.04. The molecule has 0 aliphatic carbocycles. The summed E-state index contributed by atoms with van der Waals surface area (Å²) in [6.07, 6.45) is 0. The van der Waals surface area contributed by atoms with Crippen molar-refractivity contribution in [3.8, 4) is 0 Å². The summed E-state index contributed by atoms with van der Waals surface area (Å²) in [5, 5.41) is 3.29. The number of para-hydroxylation sites is 1. The van der Waals surface area contributed by atoms with Crippen molar-refractivity contribution in [2.24, 2.45) is 0 Å². The maximum absolute atomic E-state index is 14.9. The van der Waals surface area contributed by atoms with E-state index in [-0.39, 0.29) is 23.2 Å². The van der Waals surface area contributed by atoms with Crippen molar-refractivity contribution in [3.05, 3.63) is 94.8 Å². The molecule has 0 aliphatic heterocycles. The number of hydrogen-bond acceptors (Lipinski definition) is 4. The third-order valence-electron chi connectivity index (χ3n) is 5.87. The van der Waals surface area contributed by atoms with Crippen LogP contribution in [-0.4, -0.2) is 43.8 Å². The van der Waals surface area contributed by atoms with Gasteiger partial charge in [0.2, 0.25) is 11.8 Å². The molecule has 2 amide bonds. The number of carbonyl (C=O) groups excluding carboxylic acids is 2. The molecule has 38 heavy (non-hydrogen) atoms. The highest BCUT2D eigenvalue weighted by Gasteiger charge is 2.33. The van der Waals surface area contributed by atoms with E-state index in [0.717, 1.165) is 15.9 Å². The number of nitrogens with one attached hydrogen (secondary N) is 1. The molecule has 0 saturated heterocycles. The van der Waals surface area contributed by atoms with Gasteiger partial charge in [-0.1, -0.05) is 53.6 Å². The van der Waals surface area contributed by atoms with Crippen LogP contribution in [0.3, 0.4) is 0 Å². The van der Waals surface area contributed by atoms with E-state index in [0.29, 0.717) is 10.6 Å². The Hall–Kier alpha value is -3.43. The Kier molecular flexibility index (Phi) is 9.51. The van der Waals surface area contributed by atoms with Crippen LogP contribution in [0.15, 0.2) is 77.7 Å². The molecule has 1 atom stereocenters. The Bertz CT molecular complexity index is 1380. The van der Waals surface area contributed by atoms with Crippen LogP contribution in [0, 0.1) is 12.7 Å². The average molecular weight is 560 g/mol. The smallest absolute Gasteiger partial charge is 0.264 e. The lowest BCUT2D eigenvalue weighted by Crippen LogP contribution is -2.52. The second kappa shape index (κ2) is 12.4. The quantitative estimate of drug-likeness (QED) is 0.382. The zero-order valence-corrected chi connectivity index (χ0v) is 23.3. The summed E-state index contributed by atoms with van der Waals surface area (Å²) >= 11 is 6.00. The van der Waals surface area contributed by atoms with E-state index in [2.05, 4.69) is 5.32 Å². The van der Waals surface area contributed by atoms with E-state index in [1.807, 2.05) is 6.92 Å². The molecule has 202 valence electrons. The highest BCUT2D eigenvalue weighted by Crippen LogP contribution is 2.27. The fraction of sp³-hybridized carbons (Fsp3) is 0.286. The molecule has 0 aliphatic rings. The summed E-state index contributed by atoms with van der Waals surface area (Å²) in [6, 6.07) is 17.1. The Labute approximate surface area is 228 Å². The molecule has 0 fully saturated rings. The van der Waals surface area contributed by atoms with Crippen LogP contribution in [0.2, 0.25) is 5.02 Å². The van der Waals surface area contributed by atoms with Crippen LogP contribution in [0.4, 0.5) is 10.1 Å². The summed E-state index contributed by atoms with van der Waals surface area (Å²) in [5.74, 6) is -1.88. The summed E-state index contributed by atoms with van der Waals surface area (Å²) in [5.41, 5.74) is 1.26. The Morgan fingerprint density at radius 3 is 2.13 bits per heavy atom. The molecule has 0 bridgehead atoms. The number of nitrogens with zero attached hydrogens (tertiary/aromatic N) is 2. The van der Waals surface area contributed by atoms with Crippen LogP contribution in [0.1, 0.15) is 31.9 Å². The highest BCUT2D eigenvalue weighted by atomic mass is 35.5. The van der Waals surface area contributed by atoms with Gasteiger partial charge in [0.05, 0.1) is 10.6 Å². The number of sulfonamides is 1. The number of benzene rings is 3. The fourth-order valence-electron chi connectivity index (χ4n) is 3.78. The van der Waals surface area contributed by atoms with E-state index in [9.17, 15) is 22.4 Å². The van der Waals surface area contributed by atoms with E-state index in [1.54, 1.807) is 57.2 Å². The molecule has 3 rings (SSSR count). The molecule has 7 nitrogen and oxygen atoms in total. The molecular formula is C28H31ClFN3O4S. The first-order valence-corrected chi connectivity index (χ1v) is 13.9. The van der Waals surface area contributed by atoms with E-state index < -0.39 is 40.2 Å². The van der Waals surface area contributed by atoms with Gasteiger partial charge in [0.25, 0.3) is 10.0 Å². The second-order valence-electron chi connectivity index (χ2n) is 9.26. The maximum Gasteiger partial charge on any atom is 0.264 e. The standard InChI is InChI=1S/C28H31ClFN3O4S/c1-19(2)31-28(35)21(4)32(17-22-11-13-23(29)14-12-22)27(34)18-33(26-8-6-5-7-25(26)30)38(36,37)24-15-9-20(3)10-16-24/h5-16,19,21H,17-18H2,1-4H3,(H,31,35)/t21-/m1/s1. The monoisotopic (exact) mass is 559 g/mol. The second-order valence-corrected chi connectivity index (χ2v) is 11.6. The highest BCUT2D eigenvalue weighted by molar-refractivity contribution is 7.92. The average Bonchev–Trinajstić information content (AvgIpc) is 2.86. The SMILES string of the molecule is Cc1ccc(S(=O)(=O)N(CC(=O)N(Cc2ccc(Cl)cc2)[C@H](C)C(=O)NC(C)C)c2ccccc2F)cc1. The predicted octanol–water partition coefficient (Wildman–Crippen LogP) is 4.92. The number of anilines is 1. The number of hydrogen-bond donors (Lipinski definition) is 1. The molecule has 0 heterocycles. The predicted molar refractivity (Wildman–Crippen MR) is 147 cm³/mol. The van der Waals surface area contributed by atoms with Crippen molar-refractivity contribution < 1.29 is 22.4 Å².